The fraction of sp³-hybridized carbons (Fsp3) is 0.250. The van der Waals surface area contributed by atoms with Gasteiger partial charge in [-0.05, 0) is 23.8 Å². The molecule has 2 aromatic carbocycles. The third-order valence-corrected chi connectivity index (χ3v) is 4.81. The highest BCUT2D eigenvalue weighted by atomic mass is 16.5. The van der Waals surface area contributed by atoms with Gasteiger partial charge in [0.25, 0.3) is 0 Å². The number of rotatable bonds is 2. The summed E-state index contributed by atoms with van der Waals surface area (Å²) in [6.07, 6.45) is 2.02. The summed E-state index contributed by atoms with van der Waals surface area (Å²) in [6, 6.07) is 21.0. The lowest BCUT2D eigenvalue weighted by Crippen LogP contribution is -2.35. The number of hydrogen-bond acceptors (Lipinski definition) is 5. The summed E-state index contributed by atoms with van der Waals surface area (Å²) >= 11 is 0. The van der Waals surface area contributed by atoms with Gasteiger partial charge in [0.1, 0.15) is 6.61 Å². The van der Waals surface area contributed by atoms with Gasteiger partial charge in [0, 0.05) is 18.3 Å². The van der Waals surface area contributed by atoms with Crippen molar-refractivity contribution in [3.05, 3.63) is 84.1 Å². The van der Waals surface area contributed by atoms with Crippen LogP contribution in [-0.4, -0.2) is 42.2 Å². The van der Waals surface area contributed by atoms with E-state index < -0.39 is 0 Å². The molecule has 0 saturated heterocycles. The molecule has 0 saturated carbocycles. The molecule has 30 heavy (non-hydrogen) atoms. The molecular weight excluding hydrogens is 380 g/mol. The summed E-state index contributed by atoms with van der Waals surface area (Å²) in [5, 5.41) is 0. The van der Waals surface area contributed by atoms with Crippen molar-refractivity contribution in [3.63, 3.8) is 0 Å². The predicted molar refractivity (Wildman–Crippen MR) is 113 cm³/mol. The van der Waals surface area contributed by atoms with Gasteiger partial charge < -0.3 is 19.1 Å². The van der Waals surface area contributed by atoms with E-state index in [1.165, 1.54) is 0 Å². The van der Waals surface area contributed by atoms with Crippen LogP contribution in [0.2, 0.25) is 0 Å². The van der Waals surface area contributed by atoms with Crippen molar-refractivity contribution in [3.8, 4) is 17.4 Å². The summed E-state index contributed by atoms with van der Waals surface area (Å²) in [7, 11) is 0. The lowest BCUT2D eigenvalue weighted by Gasteiger charge is -2.23. The molecule has 4 rings (SSSR count). The molecule has 6 heteroatoms. The smallest absolute Gasteiger partial charge is 0.227 e. The molecule has 2 heterocycles. The zero-order valence-electron chi connectivity index (χ0n) is 16.7. The Bertz CT molecular complexity index is 978. The van der Waals surface area contributed by atoms with Gasteiger partial charge in [-0.2, -0.15) is 0 Å². The van der Waals surface area contributed by atoms with Gasteiger partial charge in [-0.15, -0.1) is 0 Å². The van der Waals surface area contributed by atoms with Crippen LogP contribution in [-0.2, 0) is 22.5 Å². The Morgan fingerprint density at radius 2 is 1.70 bits per heavy atom. The summed E-state index contributed by atoms with van der Waals surface area (Å²) in [5.74, 6) is 1.71. The van der Waals surface area contributed by atoms with Gasteiger partial charge in [-0.25, -0.2) is 4.98 Å². The normalized spacial score (nSPS) is 14.6. The Hall–Kier alpha value is -3.38. The summed E-state index contributed by atoms with van der Waals surface area (Å²) in [6.45, 7) is 2.13. The maximum Gasteiger partial charge on any atom is 0.227 e. The molecule has 154 valence electrons. The molecule has 3 aromatic rings. The molecule has 1 aromatic heterocycles. The van der Waals surface area contributed by atoms with Gasteiger partial charge >= 0.3 is 0 Å². The number of aromatic nitrogens is 1. The van der Waals surface area contributed by atoms with Crippen LogP contribution < -0.4 is 9.47 Å². The number of amides is 1. The van der Waals surface area contributed by atoms with Gasteiger partial charge in [0.05, 0.1) is 26.2 Å². The maximum atomic E-state index is 13.0. The van der Waals surface area contributed by atoms with E-state index in [2.05, 4.69) is 4.98 Å². The van der Waals surface area contributed by atoms with Crippen LogP contribution in [0.15, 0.2) is 72.9 Å². The maximum absolute atomic E-state index is 13.0. The molecule has 0 N–H and O–H groups in total. The van der Waals surface area contributed by atoms with E-state index in [1.54, 1.807) is 11.1 Å². The number of fused-ring (bicyclic) bond motifs is 2. The predicted octanol–water partition coefficient (Wildman–Crippen LogP) is 3.85. The van der Waals surface area contributed by atoms with Crippen molar-refractivity contribution in [1.82, 2.24) is 9.88 Å². The largest absolute Gasteiger partial charge is 0.487 e. The second-order valence-corrected chi connectivity index (χ2v) is 6.95. The summed E-state index contributed by atoms with van der Waals surface area (Å²) in [4.78, 5) is 19.2. The van der Waals surface area contributed by atoms with E-state index in [9.17, 15) is 4.79 Å². The molecule has 1 amide bonds. The quantitative estimate of drug-likeness (QED) is 0.649. The first-order valence-corrected chi connectivity index (χ1v) is 10.0. The standard InChI is InChI=1S/C24H24N2O4/c27-23(17-19-7-2-1-3-8-19)26-13-14-28-15-16-29-21-10-4-5-11-22(21)30-24-20(18-26)9-6-12-25-24/h1-12H,13-18H2. The fourth-order valence-corrected chi connectivity index (χ4v) is 3.26. The molecule has 0 aliphatic carbocycles. The van der Waals surface area contributed by atoms with E-state index in [0.717, 1.165) is 11.1 Å². The molecule has 0 bridgehead atoms. The second-order valence-electron chi connectivity index (χ2n) is 6.95. The molecule has 0 radical (unpaired) electrons. The summed E-state index contributed by atoms with van der Waals surface area (Å²) < 4.78 is 17.6. The Labute approximate surface area is 176 Å². The Balaban J connectivity index is 1.60. The van der Waals surface area contributed by atoms with Gasteiger partial charge in [-0.3, -0.25) is 4.79 Å². The second kappa shape index (κ2) is 9.89. The SMILES string of the molecule is O=C(Cc1ccccc1)N1CCOCCOc2ccccc2Oc2ncccc2C1. The highest BCUT2D eigenvalue weighted by Gasteiger charge is 2.19. The first-order chi connectivity index (χ1) is 14.8. The van der Waals surface area contributed by atoms with E-state index in [-0.39, 0.29) is 5.91 Å². The van der Waals surface area contributed by atoms with Crippen LogP contribution in [0.1, 0.15) is 11.1 Å². The number of carbonyl (C=O) groups excluding carboxylic acids is 1. The summed E-state index contributed by atoms with van der Waals surface area (Å²) in [5.41, 5.74) is 1.81. The van der Waals surface area contributed by atoms with E-state index in [4.69, 9.17) is 14.2 Å². The number of hydrogen-bond donors (Lipinski definition) is 0. The van der Waals surface area contributed by atoms with Gasteiger partial charge in [-0.1, -0.05) is 48.5 Å². The third-order valence-electron chi connectivity index (χ3n) is 4.81. The third kappa shape index (κ3) is 5.15. The Morgan fingerprint density at radius 1 is 0.900 bits per heavy atom. The van der Waals surface area contributed by atoms with Crippen molar-refractivity contribution in [2.75, 3.05) is 26.4 Å². The van der Waals surface area contributed by atoms with Crippen molar-refractivity contribution in [2.45, 2.75) is 13.0 Å². The first kappa shape index (κ1) is 19.9. The first-order valence-electron chi connectivity index (χ1n) is 10.0. The molecule has 0 unspecified atom stereocenters. The van der Waals surface area contributed by atoms with Gasteiger partial charge in [0.15, 0.2) is 11.5 Å². The number of pyridine rings is 1. The monoisotopic (exact) mass is 404 g/mol. The average molecular weight is 404 g/mol. The molecule has 0 spiro atoms. The highest BCUT2D eigenvalue weighted by Crippen LogP contribution is 2.32. The lowest BCUT2D eigenvalue weighted by atomic mass is 10.1. The molecule has 0 fully saturated rings. The molecule has 1 aliphatic heterocycles. The number of para-hydroxylation sites is 2. The van der Waals surface area contributed by atoms with Crippen LogP contribution >= 0.6 is 0 Å². The van der Waals surface area contributed by atoms with Crippen LogP contribution in [0.5, 0.6) is 17.4 Å². The fourth-order valence-electron chi connectivity index (χ4n) is 3.26. The van der Waals surface area contributed by atoms with E-state index >= 15 is 0 Å². The van der Waals surface area contributed by atoms with E-state index in [0.29, 0.717) is 56.7 Å². The minimum atomic E-state index is 0.0334. The van der Waals surface area contributed by atoms with E-state index in [1.807, 2.05) is 66.7 Å². The topological polar surface area (TPSA) is 60.9 Å². The van der Waals surface area contributed by atoms with Crippen LogP contribution in [0, 0.1) is 0 Å². The Morgan fingerprint density at radius 3 is 2.57 bits per heavy atom. The number of carbonyl (C=O) groups is 1. The molecular formula is C24H24N2O4. The zero-order chi connectivity index (χ0) is 20.6. The lowest BCUT2D eigenvalue weighted by molar-refractivity contribution is -0.131. The van der Waals surface area contributed by atoms with Crippen LogP contribution in [0.3, 0.4) is 0 Å². The van der Waals surface area contributed by atoms with Crippen molar-refractivity contribution in [2.24, 2.45) is 0 Å². The number of benzene rings is 2. The van der Waals surface area contributed by atoms with Crippen LogP contribution in [0.25, 0.3) is 0 Å². The zero-order valence-corrected chi connectivity index (χ0v) is 16.7. The molecule has 0 atom stereocenters. The Kier molecular flexibility index (Phi) is 6.57. The highest BCUT2D eigenvalue weighted by molar-refractivity contribution is 5.78. The average Bonchev–Trinajstić information content (AvgIpc) is 2.79. The minimum absolute atomic E-state index is 0.0334. The minimum Gasteiger partial charge on any atom is -0.487 e. The van der Waals surface area contributed by atoms with Crippen LogP contribution in [0.4, 0.5) is 0 Å². The number of ether oxygens (including phenoxy) is 3. The van der Waals surface area contributed by atoms with Crippen molar-refractivity contribution >= 4 is 5.91 Å². The number of nitrogens with zero attached hydrogens (tertiary/aromatic N) is 2. The molecule has 6 nitrogen and oxygen atoms in total. The van der Waals surface area contributed by atoms with Gasteiger partial charge in [0.2, 0.25) is 11.8 Å². The van der Waals surface area contributed by atoms with Crippen molar-refractivity contribution in [1.29, 1.82) is 0 Å². The molecule has 1 aliphatic rings. The van der Waals surface area contributed by atoms with Crippen molar-refractivity contribution < 1.29 is 19.0 Å².